The molecular weight excluding hydrogens is 247 g/mol. The molecule has 0 amide bonds. The van der Waals surface area contributed by atoms with Gasteiger partial charge in [0.1, 0.15) is 5.82 Å². The van der Waals surface area contributed by atoms with Gasteiger partial charge in [-0.15, -0.1) is 11.3 Å². The van der Waals surface area contributed by atoms with Gasteiger partial charge < -0.3 is 5.11 Å². The molecule has 2 aromatic carbocycles. The Morgan fingerprint density at radius 1 is 1.06 bits per heavy atom. The zero-order valence-electron chi connectivity index (χ0n) is 9.56. The van der Waals surface area contributed by atoms with Crippen LogP contribution >= 0.6 is 11.3 Å². The Morgan fingerprint density at radius 2 is 1.89 bits per heavy atom. The summed E-state index contributed by atoms with van der Waals surface area (Å²) in [6, 6.07) is 15.0. The van der Waals surface area contributed by atoms with Crippen LogP contribution in [0.2, 0.25) is 0 Å². The molecule has 1 nitrogen and oxygen atoms in total. The van der Waals surface area contributed by atoms with Crippen molar-refractivity contribution >= 4 is 21.4 Å². The van der Waals surface area contributed by atoms with E-state index < -0.39 is 0 Å². The lowest BCUT2D eigenvalue weighted by Crippen LogP contribution is -1.92. The van der Waals surface area contributed by atoms with Gasteiger partial charge in [0.2, 0.25) is 0 Å². The highest BCUT2D eigenvalue weighted by molar-refractivity contribution is 7.22. The second-order valence-corrected chi connectivity index (χ2v) is 5.16. The fourth-order valence-corrected chi connectivity index (χ4v) is 3.18. The lowest BCUT2D eigenvalue weighted by molar-refractivity contribution is 0.276. The molecule has 0 aliphatic heterocycles. The van der Waals surface area contributed by atoms with E-state index in [-0.39, 0.29) is 12.4 Å². The lowest BCUT2D eigenvalue weighted by Gasteiger charge is -2.05. The number of thiophene rings is 1. The molecule has 0 bridgehead atoms. The highest BCUT2D eigenvalue weighted by Gasteiger charge is 2.11. The largest absolute Gasteiger partial charge is 0.392 e. The number of hydrogen-bond acceptors (Lipinski definition) is 2. The summed E-state index contributed by atoms with van der Waals surface area (Å²) in [6.45, 7) is -0.281. The van der Waals surface area contributed by atoms with E-state index in [0.717, 1.165) is 15.8 Å². The van der Waals surface area contributed by atoms with Gasteiger partial charge in [-0.05, 0) is 23.6 Å². The van der Waals surface area contributed by atoms with Crippen molar-refractivity contribution in [3.05, 3.63) is 59.9 Å². The summed E-state index contributed by atoms with van der Waals surface area (Å²) in [4.78, 5) is 0.986. The highest BCUT2D eigenvalue weighted by Crippen LogP contribution is 2.35. The smallest absolute Gasteiger partial charge is 0.129 e. The van der Waals surface area contributed by atoms with Crippen LogP contribution in [-0.2, 0) is 6.61 Å². The van der Waals surface area contributed by atoms with Gasteiger partial charge in [-0.25, -0.2) is 4.39 Å². The van der Waals surface area contributed by atoms with E-state index >= 15 is 0 Å². The molecule has 0 saturated heterocycles. The second-order valence-electron chi connectivity index (χ2n) is 4.07. The number of fused-ring (bicyclic) bond motifs is 1. The predicted molar refractivity (Wildman–Crippen MR) is 73.1 cm³/mol. The molecule has 0 saturated carbocycles. The Morgan fingerprint density at radius 3 is 2.67 bits per heavy atom. The van der Waals surface area contributed by atoms with Crippen molar-refractivity contribution in [2.75, 3.05) is 0 Å². The fraction of sp³-hybridized carbons (Fsp3) is 0.0667. The standard InChI is InChI=1S/C15H11FOS/c16-13-6-3-5-11(12(13)9-17)15-8-10-4-1-2-7-14(10)18-15/h1-8,17H,9H2. The topological polar surface area (TPSA) is 20.2 Å². The summed E-state index contributed by atoms with van der Waals surface area (Å²) < 4.78 is 14.8. The van der Waals surface area contributed by atoms with Gasteiger partial charge in [0.25, 0.3) is 0 Å². The average Bonchev–Trinajstić information content (AvgIpc) is 2.82. The molecule has 90 valence electrons. The maximum Gasteiger partial charge on any atom is 0.129 e. The van der Waals surface area contributed by atoms with Gasteiger partial charge in [0.05, 0.1) is 6.61 Å². The molecule has 1 N–H and O–H groups in total. The minimum atomic E-state index is -0.354. The van der Waals surface area contributed by atoms with E-state index in [9.17, 15) is 9.50 Å². The first-order chi connectivity index (χ1) is 8.79. The fourth-order valence-electron chi connectivity index (χ4n) is 2.06. The lowest BCUT2D eigenvalue weighted by atomic mass is 10.1. The van der Waals surface area contributed by atoms with E-state index in [2.05, 4.69) is 0 Å². The second kappa shape index (κ2) is 4.52. The van der Waals surface area contributed by atoms with Gasteiger partial charge in [-0.3, -0.25) is 0 Å². The highest BCUT2D eigenvalue weighted by atomic mass is 32.1. The summed E-state index contributed by atoms with van der Waals surface area (Å²) in [7, 11) is 0. The number of aliphatic hydroxyl groups excluding tert-OH is 1. The first kappa shape index (κ1) is 11.4. The monoisotopic (exact) mass is 258 g/mol. The third-order valence-electron chi connectivity index (χ3n) is 2.97. The molecule has 1 aromatic heterocycles. The van der Waals surface area contributed by atoms with E-state index in [1.54, 1.807) is 17.4 Å². The molecule has 0 unspecified atom stereocenters. The van der Waals surface area contributed by atoms with Gasteiger partial charge in [0.15, 0.2) is 0 Å². The summed E-state index contributed by atoms with van der Waals surface area (Å²) in [6.07, 6.45) is 0. The molecule has 3 aromatic rings. The van der Waals surface area contributed by atoms with E-state index in [1.807, 2.05) is 36.4 Å². The van der Waals surface area contributed by atoms with Crippen LogP contribution in [0.1, 0.15) is 5.56 Å². The molecule has 0 radical (unpaired) electrons. The number of hydrogen-bond donors (Lipinski definition) is 1. The molecular formula is C15H11FOS. The third-order valence-corrected chi connectivity index (χ3v) is 4.12. The number of halogens is 1. The summed E-state index contributed by atoms with van der Waals surface area (Å²) in [5.41, 5.74) is 1.14. The van der Waals surface area contributed by atoms with Crippen LogP contribution in [0.4, 0.5) is 4.39 Å². The zero-order valence-corrected chi connectivity index (χ0v) is 10.4. The van der Waals surface area contributed by atoms with Crippen molar-refractivity contribution in [2.24, 2.45) is 0 Å². The molecule has 0 fully saturated rings. The Hall–Kier alpha value is -1.71. The van der Waals surface area contributed by atoms with Gasteiger partial charge in [-0.1, -0.05) is 30.3 Å². The quantitative estimate of drug-likeness (QED) is 0.730. The van der Waals surface area contributed by atoms with E-state index in [0.29, 0.717) is 5.56 Å². The SMILES string of the molecule is OCc1c(F)cccc1-c1cc2ccccc2s1. The molecule has 0 aliphatic rings. The Labute approximate surface area is 108 Å². The predicted octanol–water partition coefficient (Wildman–Crippen LogP) is 4.20. The van der Waals surface area contributed by atoms with Crippen molar-refractivity contribution < 1.29 is 9.50 Å². The van der Waals surface area contributed by atoms with E-state index in [1.165, 1.54) is 10.8 Å². The van der Waals surface area contributed by atoms with Gasteiger partial charge in [0, 0.05) is 20.7 Å². The molecule has 3 rings (SSSR count). The van der Waals surface area contributed by atoms with Crippen molar-refractivity contribution in [1.29, 1.82) is 0 Å². The van der Waals surface area contributed by atoms with Crippen LogP contribution < -0.4 is 0 Å². The van der Waals surface area contributed by atoms with Crippen LogP contribution in [0.5, 0.6) is 0 Å². The molecule has 0 atom stereocenters. The first-order valence-electron chi connectivity index (χ1n) is 5.67. The van der Waals surface area contributed by atoms with Crippen molar-refractivity contribution in [1.82, 2.24) is 0 Å². The van der Waals surface area contributed by atoms with Crippen molar-refractivity contribution in [3.8, 4) is 10.4 Å². The molecule has 0 spiro atoms. The van der Waals surface area contributed by atoms with E-state index in [4.69, 9.17) is 0 Å². The number of aliphatic hydroxyl groups is 1. The van der Waals surface area contributed by atoms with Crippen LogP contribution in [0.25, 0.3) is 20.5 Å². The minimum absolute atomic E-state index is 0.281. The molecule has 1 heterocycles. The summed E-state index contributed by atoms with van der Waals surface area (Å²) in [5.74, 6) is -0.354. The van der Waals surface area contributed by atoms with Crippen molar-refractivity contribution in [3.63, 3.8) is 0 Å². The molecule has 0 aliphatic carbocycles. The summed E-state index contributed by atoms with van der Waals surface area (Å²) >= 11 is 1.61. The van der Waals surface area contributed by atoms with Gasteiger partial charge >= 0.3 is 0 Å². The minimum Gasteiger partial charge on any atom is -0.392 e. The molecule has 3 heteroatoms. The third kappa shape index (κ3) is 1.82. The maximum atomic E-state index is 13.6. The van der Waals surface area contributed by atoms with Crippen LogP contribution in [0, 0.1) is 5.82 Å². The first-order valence-corrected chi connectivity index (χ1v) is 6.48. The van der Waals surface area contributed by atoms with Crippen LogP contribution in [0.15, 0.2) is 48.5 Å². The maximum absolute atomic E-state index is 13.6. The average molecular weight is 258 g/mol. The normalized spacial score (nSPS) is 11.0. The Balaban J connectivity index is 2.23. The number of benzene rings is 2. The Kier molecular flexibility index (Phi) is 2.86. The van der Waals surface area contributed by atoms with Crippen LogP contribution in [-0.4, -0.2) is 5.11 Å². The van der Waals surface area contributed by atoms with Gasteiger partial charge in [-0.2, -0.15) is 0 Å². The summed E-state index contributed by atoms with van der Waals surface area (Å²) in [5, 5.41) is 10.4. The number of rotatable bonds is 2. The zero-order chi connectivity index (χ0) is 12.5. The molecule has 18 heavy (non-hydrogen) atoms. The van der Waals surface area contributed by atoms with Crippen molar-refractivity contribution in [2.45, 2.75) is 6.61 Å². The van der Waals surface area contributed by atoms with Crippen LogP contribution in [0.3, 0.4) is 0 Å². The Bertz CT molecular complexity index is 670.